The van der Waals surface area contributed by atoms with Crippen LogP contribution < -0.4 is 0 Å². The van der Waals surface area contributed by atoms with E-state index in [4.69, 9.17) is 4.74 Å². The molecule has 0 heterocycles. The van der Waals surface area contributed by atoms with Crippen LogP contribution in [0, 0.1) is 6.92 Å². The standard InChI is InChI=1S/C16H20O2/c1-11-7-8-13(10-17)9-14(11)16-12(2)5-4-6-15(16)18-3/h7-10,15H,4-6H2,1-3H3. The smallest absolute Gasteiger partial charge is 0.150 e. The Morgan fingerprint density at radius 1 is 1.33 bits per heavy atom. The van der Waals surface area contributed by atoms with Crippen LogP contribution in [-0.2, 0) is 4.74 Å². The Bertz CT molecular complexity index is 486. The first kappa shape index (κ1) is 13.0. The fourth-order valence-corrected chi connectivity index (χ4v) is 2.75. The summed E-state index contributed by atoms with van der Waals surface area (Å²) in [7, 11) is 1.77. The molecule has 0 radical (unpaired) electrons. The monoisotopic (exact) mass is 244 g/mol. The van der Waals surface area contributed by atoms with E-state index in [1.54, 1.807) is 7.11 Å². The summed E-state index contributed by atoms with van der Waals surface area (Å²) in [4.78, 5) is 10.9. The normalized spacial score (nSPS) is 20.1. The summed E-state index contributed by atoms with van der Waals surface area (Å²) < 4.78 is 5.61. The van der Waals surface area contributed by atoms with Gasteiger partial charge in [0.25, 0.3) is 0 Å². The zero-order valence-electron chi connectivity index (χ0n) is 11.3. The molecule has 1 aliphatic carbocycles. The van der Waals surface area contributed by atoms with E-state index in [0.29, 0.717) is 0 Å². The van der Waals surface area contributed by atoms with Crippen LogP contribution in [0.3, 0.4) is 0 Å². The summed E-state index contributed by atoms with van der Waals surface area (Å²) in [6, 6.07) is 5.87. The van der Waals surface area contributed by atoms with Crippen LogP contribution in [0.25, 0.3) is 5.57 Å². The van der Waals surface area contributed by atoms with Gasteiger partial charge in [-0.15, -0.1) is 0 Å². The Morgan fingerprint density at radius 3 is 2.78 bits per heavy atom. The number of carbonyl (C=O) groups excluding carboxylic acids is 1. The van der Waals surface area contributed by atoms with Gasteiger partial charge in [-0.1, -0.05) is 17.7 Å². The molecule has 1 atom stereocenters. The van der Waals surface area contributed by atoms with Crippen molar-refractivity contribution >= 4 is 11.9 Å². The zero-order chi connectivity index (χ0) is 13.1. The van der Waals surface area contributed by atoms with Gasteiger partial charge in [-0.25, -0.2) is 0 Å². The van der Waals surface area contributed by atoms with Crippen molar-refractivity contribution in [3.63, 3.8) is 0 Å². The molecule has 0 spiro atoms. The second-order valence-electron chi connectivity index (χ2n) is 5.00. The highest BCUT2D eigenvalue weighted by Gasteiger charge is 2.23. The van der Waals surface area contributed by atoms with Gasteiger partial charge in [-0.05, 0) is 55.9 Å². The second kappa shape index (κ2) is 5.49. The highest BCUT2D eigenvalue weighted by Crippen LogP contribution is 2.35. The number of carbonyl (C=O) groups is 1. The van der Waals surface area contributed by atoms with Crippen molar-refractivity contribution in [2.45, 2.75) is 39.2 Å². The van der Waals surface area contributed by atoms with Crippen LogP contribution in [0.4, 0.5) is 0 Å². The van der Waals surface area contributed by atoms with Gasteiger partial charge >= 0.3 is 0 Å². The lowest BCUT2D eigenvalue weighted by Gasteiger charge is -2.27. The van der Waals surface area contributed by atoms with Crippen LogP contribution in [0.1, 0.15) is 47.7 Å². The molecule has 0 saturated heterocycles. The molecule has 1 aromatic rings. The molecule has 1 unspecified atom stereocenters. The van der Waals surface area contributed by atoms with E-state index < -0.39 is 0 Å². The molecule has 1 aromatic carbocycles. The maximum Gasteiger partial charge on any atom is 0.150 e. The Hall–Kier alpha value is -1.41. The molecule has 2 nitrogen and oxygen atoms in total. The van der Waals surface area contributed by atoms with Gasteiger partial charge in [-0.2, -0.15) is 0 Å². The van der Waals surface area contributed by atoms with Gasteiger partial charge in [0.15, 0.2) is 0 Å². The third-order valence-corrected chi connectivity index (χ3v) is 3.77. The van der Waals surface area contributed by atoms with Crippen molar-refractivity contribution in [3.05, 3.63) is 40.5 Å². The Morgan fingerprint density at radius 2 is 2.11 bits per heavy atom. The quantitative estimate of drug-likeness (QED) is 0.756. The third-order valence-electron chi connectivity index (χ3n) is 3.77. The minimum Gasteiger partial charge on any atom is -0.377 e. The van der Waals surface area contributed by atoms with Gasteiger partial charge in [0.05, 0.1) is 6.10 Å². The molecule has 0 bridgehead atoms. The molecule has 0 saturated carbocycles. The molecule has 0 aliphatic heterocycles. The van der Waals surface area contributed by atoms with Gasteiger partial charge in [0, 0.05) is 12.7 Å². The first-order chi connectivity index (χ1) is 8.67. The van der Waals surface area contributed by atoms with Gasteiger partial charge in [0.1, 0.15) is 6.29 Å². The van der Waals surface area contributed by atoms with Crippen molar-refractivity contribution in [1.82, 2.24) is 0 Å². The van der Waals surface area contributed by atoms with E-state index in [9.17, 15) is 4.79 Å². The summed E-state index contributed by atoms with van der Waals surface area (Å²) in [6.45, 7) is 4.26. The van der Waals surface area contributed by atoms with Crippen LogP contribution in [-0.4, -0.2) is 19.5 Å². The number of hydrogen-bond donors (Lipinski definition) is 0. The van der Waals surface area contributed by atoms with E-state index in [1.807, 2.05) is 18.2 Å². The van der Waals surface area contributed by atoms with E-state index in [2.05, 4.69) is 13.8 Å². The lowest BCUT2D eigenvalue weighted by Crippen LogP contribution is -2.19. The summed E-state index contributed by atoms with van der Waals surface area (Å²) in [5.74, 6) is 0. The van der Waals surface area contributed by atoms with E-state index in [0.717, 1.165) is 24.7 Å². The highest BCUT2D eigenvalue weighted by molar-refractivity contribution is 5.81. The summed E-state index contributed by atoms with van der Waals surface area (Å²) in [6.07, 6.45) is 4.44. The number of aryl methyl sites for hydroxylation is 1. The summed E-state index contributed by atoms with van der Waals surface area (Å²) in [5.41, 5.74) is 5.78. The lowest BCUT2D eigenvalue weighted by molar-refractivity contribution is 0.112. The van der Waals surface area contributed by atoms with E-state index in [1.165, 1.54) is 28.7 Å². The number of hydrogen-bond acceptors (Lipinski definition) is 2. The molecule has 96 valence electrons. The predicted octanol–water partition coefficient (Wildman–Crippen LogP) is 3.78. The molecule has 1 aliphatic rings. The number of rotatable bonds is 3. The largest absolute Gasteiger partial charge is 0.377 e. The van der Waals surface area contributed by atoms with Crippen molar-refractivity contribution in [1.29, 1.82) is 0 Å². The number of benzene rings is 1. The van der Waals surface area contributed by atoms with E-state index >= 15 is 0 Å². The maximum atomic E-state index is 10.9. The maximum absolute atomic E-state index is 10.9. The average Bonchev–Trinajstić information content (AvgIpc) is 2.39. The fraction of sp³-hybridized carbons (Fsp3) is 0.438. The van der Waals surface area contributed by atoms with E-state index in [-0.39, 0.29) is 6.10 Å². The molecule has 0 N–H and O–H groups in total. The van der Waals surface area contributed by atoms with Crippen LogP contribution in [0.5, 0.6) is 0 Å². The molecule has 0 amide bonds. The van der Waals surface area contributed by atoms with Crippen molar-refractivity contribution < 1.29 is 9.53 Å². The molecule has 2 rings (SSSR count). The lowest BCUT2D eigenvalue weighted by atomic mass is 9.83. The highest BCUT2D eigenvalue weighted by atomic mass is 16.5. The summed E-state index contributed by atoms with van der Waals surface area (Å²) in [5, 5.41) is 0. The predicted molar refractivity (Wildman–Crippen MR) is 73.8 cm³/mol. The van der Waals surface area contributed by atoms with Crippen molar-refractivity contribution in [2.24, 2.45) is 0 Å². The van der Waals surface area contributed by atoms with Gasteiger partial charge in [-0.3, -0.25) is 4.79 Å². The topological polar surface area (TPSA) is 26.3 Å². The molecule has 0 aromatic heterocycles. The number of ether oxygens (including phenoxy) is 1. The third kappa shape index (κ3) is 2.39. The molecule has 2 heteroatoms. The van der Waals surface area contributed by atoms with Gasteiger partial charge in [0.2, 0.25) is 0 Å². The minimum absolute atomic E-state index is 0.166. The summed E-state index contributed by atoms with van der Waals surface area (Å²) >= 11 is 0. The fourth-order valence-electron chi connectivity index (χ4n) is 2.75. The number of aldehydes is 1. The molecule has 18 heavy (non-hydrogen) atoms. The van der Waals surface area contributed by atoms with Crippen LogP contribution in [0.2, 0.25) is 0 Å². The van der Waals surface area contributed by atoms with Gasteiger partial charge < -0.3 is 4.74 Å². The average molecular weight is 244 g/mol. The number of methoxy groups -OCH3 is 1. The second-order valence-corrected chi connectivity index (χ2v) is 5.00. The molecular weight excluding hydrogens is 224 g/mol. The SMILES string of the molecule is COC1CCCC(C)=C1c1cc(C=O)ccc1C. The Balaban J connectivity index is 2.54. The van der Waals surface area contributed by atoms with Crippen LogP contribution >= 0.6 is 0 Å². The van der Waals surface area contributed by atoms with Crippen molar-refractivity contribution in [2.75, 3.05) is 7.11 Å². The zero-order valence-corrected chi connectivity index (χ0v) is 11.3. The number of allylic oxidation sites excluding steroid dienone is 1. The minimum atomic E-state index is 0.166. The van der Waals surface area contributed by atoms with Crippen molar-refractivity contribution in [3.8, 4) is 0 Å². The first-order valence-corrected chi connectivity index (χ1v) is 6.46. The van der Waals surface area contributed by atoms with Crippen LogP contribution in [0.15, 0.2) is 23.8 Å². The Kier molecular flexibility index (Phi) is 3.97. The Labute approximate surface area is 109 Å². The first-order valence-electron chi connectivity index (χ1n) is 6.46. The molecular formula is C16H20O2. The molecule has 0 fully saturated rings.